The number of benzene rings is 1. The van der Waals surface area contributed by atoms with Crippen LogP contribution in [-0.2, 0) is 17.2 Å². The molecule has 2 nitrogen and oxygen atoms in total. The molecule has 1 aromatic carbocycles. The molecule has 0 aliphatic rings. The molecule has 16 heavy (non-hydrogen) atoms. The van der Waals surface area contributed by atoms with Crippen LogP contribution >= 0.6 is 0 Å². The summed E-state index contributed by atoms with van der Waals surface area (Å²) in [5.74, 6) is 0. The quantitative estimate of drug-likeness (QED) is 0.737. The van der Waals surface area contributed by atoms with Gasteiger partial charge >= 0.3 is 0 Å². The van der Waals surface area contributed by atoms with Crippen LogP contribution in [0, 0.1) is 0 Å². The molecule has 90 valence electrons. The molecule has 1 aromatic rings. The van der Waals surface area contributed by atoms with Gasteiger partial charge in [-0.25, -0.2) is 0 Å². The van der Waals surface area contributed by atoms with Crippen LogP contribution < -0.4 is 5.32 Å². The third-order valence-electron chi connectivity index (χ3n) is 2.66. The van der Waals surface area contributed by atoms with E-state index in [1.54, 1.807) is 6.26 Å². The van der Waals surface area contributed by atoms with Gasteiger partial charge in [0.05, 0.1) is 0 Å². The molecule has 1 rings (SSSR count). The molecular formula is C13H21NOS. The van der Waals surface area contributed by atoms with Gasteiger partial charge in [0.1, 0.15) is 0 Å². The summed E-state index contributed by atoms with van der Waals surface area (Å²) < 4.78 is 11.1. The van der Waals surface area contributed by atoms with Crippen LogP contribution in [0.1, 0.15) is 18.9 Å². The van der Waals surface area contributed by atoms with Crippen molar-refractivity contribution in [2.75, 3.05) is 19.3 Å². The monoisotopic (exact) mass is 239 g/mol. The zero-order valence-electron chi connectivity index (χ0n) is 10.1. The standard InChI is InChI=1S/C13H21NOS/c1-12(16(2)15)11-14-10-6-9-13-7-4-3-5-8-13/h3-5,7-8,12,14H,6,9-11H2,1-2H3. The minimum absolute atomic E-state index is 0.247. The fourth-order valence-corrected chi connectivity index (χ4v) is 1.84. The predicted molar refractivity (Wildman–Crippen MR) is 71.2 cm³/mol. The SMILES string of the molecule is CC(CNCCCc1ccccc1)S(C)=O. The Hall–Kier alpha value is -0.670. The van der Waals surface area contributed by atoms with E-state index in [0.29, 0.717) is 0 Å². The first kappa shape index (κ1) is 13.4. The van der Waals surface area contributed by atoms with Gasteiger partial charge in [-0.3, -0.25) is 4.21 Å². The molecule has 0 spiro atoms. The Morgan fingerprint density at radius 2 is 2.00 bits per heavy atom. The Morgan fingerprint density at radius 1 is 1.31 bits per heavy atom. The summed E-state index contributed by atoms with van der Waals surface area (Å²) in [4.78, 5) is 0. The largest absolute Gasteiger partial charge is 0.316 e. The number of aryl methyl sites for hydroxylation is 1. The summed E-state index contributed by atoms with van der Waals surface area (Å²) in [6.07, 6.45) is 4.00. The second-order valence-corrected chi connectivity index (χ2v) is 5.90. The van der Waals surface area contributed by atoms with Crippen molar-refractivity contribution in [2.24, 2.45) is 0 Å². The lowest BCUT2D eigenvalue weighted by Gasteiger charge is -2.09. The smallest absolute Gasteiger partial charge is 0.0441 e. The topological polar surface area (TPSA) is 29.1 Å². The Bertz CT molecular complexity index is 313. The van der Waals surface area contributed by atoms with Crippen molar-refractivity contribution >= 4 is 10.8 Å². The normalized spacial score (nSPS) is 14.6. The highest BCUT2D eigenvalue weighted by atomic mass is 32.2. The van der Waals surface area contributed by atoms with Gasteiger partial charge in [-0.2, -0.15) is 0 Å². The number of hydrogen-bond donors (Lipinski definition) is 1. The van der Waals surface area contributed by atoms with E-state index >= 15 is 0 Å². The van der Waals surface area contributed by atoms with E-state index in [1.807, 2.05) is 13.0 Å². The first-order chi connectivity index (χ1) is 7.70. The second kappa shape index (κ2) is 7.58. The molecule has 2 atom stereocenters. The van der Waals surface area contributed by atoms with Gasteiger partial charge in [-0.1, -0.05) is 30.3 Å². The molecule has 0 aromatic heterocycles. The first-order valence-electron chi connectivity index (χ1n) is 5.77. The average molecular weight is 239 g/mol. The van der Waals surface area contributed by atoms with Gasteiger partial charge in [0.2, 0.25) is 0 Å². The number of hydrogen-bond acceptors (Lipinski definition) is 2. The molecule has 0 bridgehead atoms. The lowest BCUT2D eigenvalue weighted by atomic mass is 10.1. The highest BCUT2D eigenvalue weighted by Crippen LogP contribution is 2.01. The Morgan fingerprint density at radius 3 is 2.62 bits per heavy atom. The van der Waals surface area contributed by atoms with Crippen molar-refractivity contribution < 1.29 is 4.21 Å². The van der Waals surface area contributed by atoms with Crippen LogP contribution in [0.5, 0.6) is 0 Å². The van der Waals surface area contributed by atoms with E-state index in [2.05, 4.69) is 29.6 Å². The van der Waals surface area contributed by atoms with Crippen molar-refractivity contribution in [3.63, 3.8) is 0 Å². The second-order valence-electron chi connectivity index (χ2n) is 4.10. The fourth-order valence-electron chi connectivity index (χ4n) is 1.48. The first-order valence-corrected chi connectivity index (χ1v) is 7.39. The zero-order chi connectivity index (χ0) is 11.8. The predicted octanol–water partition coefficient (Wildman–Crippen LogP) is 1.98. The van der Waals surface area contributed by atoms with Gasteiger partial charge in [-0.05, 0) is 31.9 Å². The lowest BCUT2D eigenvalue weighted by Crippen LogP contribution is -2.28. The van der Waals surface area contributed by atoms with E-state index in [0.717, 1.165) is 25.9 Å². The third-order valence-corrected chi connectivity index (χ3v) is 3.96. The van der Waals surface area contributed by atoms with E-state index < -0.39 is 10.8 Å². The van der Waals surface area contributed by atoms with Crippen molar-refractivity contribution in [3.8, 4) is 0 Å². The van der Waals surface area contributed by atoms with Crippen LogP contribution in [0.4, 0.5) is 0 Å². The molecule has 0 heterocycles. The maximum atomic E-state index is 11.1. The molecule has 0 fully saturated rings. The van der Waals surface area contributed by atoms with Crippen LogP contribution in [0.3, 0.4) is 0 Å². The highest BCUT2D eigenvalue weighted by Gasteiger charge is 2.04. The van der Waals surface area contributed by atoms with Crippen molar-refractivity contribution in [1.82, 2.24) is 5.32 Å². The van der Waals surface area contributed by atoms with Crippen LogP contribution in [0.25, 0.3) is 0 Å². The number of rotatable bonds is 7. The lowest BCUT2D eigenvalue weighted by molar-refractivity contribution is 0.628. The van der Waals surface area contributed by atoms with Gasteiger partial charge in [-0.15, -0.1) is 0 Å². The minimum Gasteiger partial charge on any atom is -0.316 e. The summed E-state index contributed by atoms with van der Waals surface area (Å²) in [5.41, 5.74) is 1.39. The van der Waals surface area contributed by atoms with Gasteiger partial charge in [0.15, 0.2) is 0 Å². The summed E-state index contributed by atoms with van der Waals surface area (Å²) in [6, 6.07) is 10.5. The summed E-state index contributed by atoms with van der Waals surface area (Å²) >= 11 is 0. The third kappa shape index (κ3) is 5.42. The molecule has 0 aliphatic carbocycles. The molecule has 3 heteroatoms. The molecule has 1 N–H and O–H groups in total. The highest BCUT2D eigenvalue weighted by molar-refractivity contribution is 7.84. The van der Waals surface area contributed by atoms with Crippen molar-refractivity contribution in [2.45, 2.75) is 25.0 Å². The molecule has 0 amide bonds. The average Bonchev–Trinajstić information content (AvgIpc) is 2.29. The maximum Gasteiger partial charge on any atom is 0.0441 e. The van der Waals surface area contributed by atoms with Crippen LogP contribution in [-0.4, -0.2) is 28.8 Å². The van der Waals surface area contributed by atoms with E-state index in [4.69, 9.17) is 0 Å². The Kier molecular flexibility index (Phi) is 6.34. The van der Waals surface area contributed by atoms with Crippen LogP contribution in [0.2, 0.25) is 0 Å². The molecule has 2 unspecified atom stereocenters. The zero-order valence-corrected chi connectivity index (χ0v) is 10.9. The van der Waals surface area contributed by atoms with E-state index in [9.17, 15) is 4.21 Å². The Balaban J connectivity index is 2.07. The van der Waals surface area contributed by atoms with E-state index in [-0.39, 0.29) is 5.25 Å². The van der Waals surface area contributed by atoms with Gasteiger partial charge in [0, 0.05) is 28.9 Å². The Labute approximate surface area is 101 Å². The van der Waals surface area contributed by atoms with Gasteiger partial charge < -0.3 is 5.32 Å². The summed E-state index contributed by atoms with van der Waals surface area (Å²) in [6.45, 7) is 3.86. The maximum absolute atomic E-state index is 11.1. The summed E-state index contributed by atoms with van der Waals surface area (Å²) in [7, 11) is -0.714. The fraction of sp³-hybridized carbons (Fsp3) is 0.538. The molecule has 0 saturated heterocycles. The molecule has 0 saturated carbocycles. The van der Waals surface area contributed by atoms with Crippen molar-refractivity contribution in [1.29, 1.82) is 0 Å². The molecular weight excluding hydrogens is 218 g/mol. The minimum atomic E-state index is -0.714. The molecule has 0 radical (unpaired) electrons. The number of nitrogens with one attached hydrogen (secondary N) is 1. The van der Waals surface area contributed by atoms with Gasteiger partial charge in [0.25, 0.3) is 0 Å². The summed E-state index contributed by atoms with van der Waals surface area (Å²) in [5, 5.41) is 3.59. The molecule has 0 aliphatic heterocycles. The van der Waals surface area contributed by atoms with E-state index in [1.165, 1.54) is 5.56 Å². The van der Waals surface area contributed by atoms with Crippen molar-refractivity contribution in [3.05, 3.63) is 35.9 Å². The van der Waals surface area contributed by atoms with Crippen LogP contribution in [0.15, 0.2) is 30.3 Å².